The van der Waals surface area contributed by atoms with Crippen LogP contribution in [0.5, 0.6) is 0 Å². The summed E-state index contributed by atoms with van der Waals surface area (Å²) in [5.74, 6) is -1.10. The second kappa shape index (κ2) is 9.96. The fourth-order valence-electron chi connectivity index (χ4n) is 3.59. The van der Waals surface area contributed by atoms with Gasteiger partial charge in [0, 0.05) is 16.8 Å². The molecule has 11 heteroatoms. The second-order valence-electron chi connectivity index (χ2n) is 7.95. The van der Waals surface area contributed by atoms with Crippen LogP contribution >= 0.6 is 0 Å². The lowest BCUT2D eigenvalue weighted by atomic mass is 10.1. The first kappa shape index (κ1) is 25.1. The Kier molecular flexibility index (Phi) is 6.95. The van der Waals surface area contributed by atoms with Gasteiger partial charge < -0.3 is 5.32 Å². The first-order valence-corrected chi connectivity index (χ1v) is 14.0. The molecule has 0 aliphatic heterocycles. The number of anilines is 3. The molecule has 0 saturated heterocycles. The smallest absolute Gasteiger partial charge is 0.261 e. The standard InChI is InChI=1S/C25H22FN3O5S2/c1-35(31,32)29(24-8-4-6-18-5-2-3-7-23(18)24)17-25(30)27-20-13-15-22(16-14-20)36(33,34)28-21-11-9-19(26)10-12-21/h2-16,28H,17H2,1H3,(H,27,30). The van der Waals surface area contributed by atoms with Crippen molar-refractivity contribution >= 4 is 53.8 Å². The molecular formula is C25H22FN3O5S2. The minimum absolute atomic E-state index is 0.0710. The van der Waals surface area contributed by atoms with Gasteiger partial charge in [0.1, 0.15) is 12.4 Å². The molecule has 0 heterocycles. The summed E-state index contributed by atoms with van der Waals surface area (Å²) in [7, 11) is -7.73. The molecule has 8 nitrogen and oxygen atoms in total. The fourth-order valence-corrected chi connectivity index (χ4v) is 5.51. The molecule has 2 N–H and O–H groups in total. The molecule has 0 bridgehead atoms. The van der Waals surface area contributed by atoms with Crippen molar-refractivity contribution < 1.29 is 26.0 Å². The summed E-state index contributed by atoms with van der Waals surface area (Å²) in [6.45, 7) is -0.473. The summed E-state index contributed by atoms with van der Waals surface area (Å²) >= 11 is 0. The summed E-state index contributed by atoms with van der Waals surface area (Å²) in [5, 5.41) is 4.11. The van der Waals surface area contributed by atoms with Crippen LogP contribution in [0.15, 0.2) is 95.9 Å². The van der Waals surface area contributed by atoms with Gasteiger partial charge in [0.05, 0.1) is 16.8 Å². The zero-order chi connectivity index (χ0) is 25.9. The van der Waals surface area contributed by atoms with Gasteiger partial charge in [0.2, 0.25) is 15.9 Å². The Labute approximate surface area is 208 Å². The molecule has 4 rings (SSSR count). The Morgan fingerprint density at radius 1 is 0.806 bits per heavy atom. The molecule has 0 unspecified atom stereocenters. The van der Waals surface area contributed by atoms with Gasteiger partial charge in [-0.2, -0.15) is 0 Å². The first-order valence-electron chi connectivity index (χ1n) is 10.7. The average Bonchev–Trinajstić information content (AvgIpc) is 2.83. The Bertz CT molecular complexity index is 1620. The van der Waals surface area contributed by atoms with E-state index in [1.54, 1.807) is 24.3 Å². The molecule has 0 aliphatic rings. The summed E-state index contributed by atoms with van der Waals surface area (Å²) < 4.78 is 66.6. The number of amides is 1. The number of hydrogen-bond donors (Lipinski definition) is 2. The Morgan fingerprint density at radius 3 is 2.08 bits per heavy atom. The number of nitrogens with zero attached hydrogens (tertiary/aromatic N) is 1. The lowest BCUT2D eigenvalue weighted by Gasteiger charge is -2.23. The number of halogens is 1. The molecule has 0 radical (unpaired) electrons. The van der Waals surface area contributed by atoms with Crippen molar-refractivity contribution in [2.24, 2.45) is 0 Å². The monoisotopic (exact) mass is 527 g/mol. The van der Waals surface area contributed by atoms with E-state index in [-0.39, 0.29) is 16.3 Å². The maximum absolute atomic E-state index is 13.1. The molecule has 4 aromatic rings. The Hall–Kier alpha value is -3.96. The number of nitrogens with one attached hydrogen (secondary N) is 2. The highest BCUT2D eigenvalue weighted by Crippen LogP contribution is 2.28. The van der Waals surface area contributed by atoms with Crippen LogP contribution in [-0.4, -0.2) is 35.5 Å². The quantitative estimate of drug-likeness (QED) is 0.357. The molecule has 0 aromatic heterocycles. The number of carbonyl (C=O) groups is 1. The second-order valence-corrected chi connectivity index (χ2v) is 11.5. The molecule has 186 valence electrons. The van der Waals surface area contributed by atoms with Crippen LogP contribution in [0.25, 0.3) is 10.8 Å². The number of benzene rings is 4. The zero-order valence-corrected chi connectivity index (χ0v) is 20.7. The predicted octanol–water partition coefficient (Wildman–Crippen LogP) is 4.18. The number of rotatable bonds is 8. The summed E-state index contributed by atoms with van der Waals surface area (Å²) in [5.41, 5.74) is 0.856. The van der Waals surface area contributed by atoms with Crippen molar-refractivity contribution in [2.75, 3.05) is 27.1 Å². The number of fused-ring (bicyclic) bond motifs is 1. The third-order valence-electron chi connectivity index (χ3n) is 5.27. The number of hydrogen-bond acceptors (Lipinski definition) is 5. The van der Waals surface area contributed by atoms with Gasteiger partial charge >= 0.3 is 0 Å². The van der Waals surface area contributed by atoms with E-state index in [4.69, 9.17) is 0 Å². The number of carbonyl (C=O) groups excluding carboxylic acids is 1. The van der Waals surface area contributed by atoms with Crippen molar-refractivity contribution in [1.29, 1.82) is 0 Å². The van der Waals surface area contributed by atoms with Crippen LogP contribution in [-0.2, 0) is 24.8 Å². The van der Waals surface area contributed by atoms with E-state index in [1.807, 2.05) is 18.2 Å². The van der Waals surface area contributed by atoms with Gasteiger partial charge in [-0.15, -0.1) is 0 Å². The van der Waals surface area contributed by atoms with Crippen LogP contribution in [0.2, 0.25) is 0 Å². The van der Waals surface area contributed by atoms with E-state index >= 15 is 0 Å². The molecule has 1 amide bonds. The molecule has 36 heavy (non-hydrogen) atoms. The van der Waals surface area contributed by atoms with E-state index in [2.05, 4.69) is 10.0 Å². The third kappa shape index (κ3) is 5.81. The van der Waals surface area contributed by atoms with Crippen LogP contribution in [0.1, 0.15) is 0 Å². The van der Waals surface area contributed by atoms with Crippen LogP contribution in [0, 0.1) is 5.82 Å². The number of sulfonamides is 2. The minimum Gasteiger partial charge on any atom is -0.325 e. The summed E-state index contributed by atoms with van der Waals surface area (Å²) in [6.07, 6.45) is 1.02. The van der Waals surface area contributed by atoms with Gasteiger partial charge in [-0.1, -0.05) is 36.4 Å². The normalized spacial score (nSPS) is 11.7. The van der Waals surface area contributed by atoms with Crippen molar-refractivity contribution in [3.8, 4) is 0 Å². The van der Waals surface area contributed by atoms with Crippen LogP contribution < -0.4 is 14.3 Å². The molecule has 0 saturated carbocycles. The van der Waals surface area contributed by atoms with E-state index in [0.29, 0.717) is 11.1 Å². The molecule has 0 aliphatic carbocycles. The zero-order valence-electron chi connectivity index (χ0n) is 19.1. The predicted molar refractivity (Wildman–Crippen MR) is 138 cm³/mol. The Balaban J connectivity index is 1.50. The maximum atomic E-state index is 13.1. The van der Waals surface area contributed by atoms with Crippen LogP contribution in [0.3, 0.4) is 0 Å². The molecule has 0 atom stereocenters. The molecule has 0 spiro atoms. The first-order chi connectivity index (χ1) is 17.0. The van der Waals surface area contributed by atoms with E-state index in [1.165, 1.54) is 36.4 Å². The highest BCUT2D eigenvalue weighted by Gasteiger charge is 2.23. The van der Waals surface area contributed by atoms with Crippen molar-refractivity contribution in [3.63, 3.8) is 0 Å². The van der Waals surface area contributed by atoms with E-state index in [9.17, 15) is 26.0 Å². The highest BCUT2D eigenvalue weighted by molar-refractivity contribution is 7.92. The molecule has 0 fully saturated rings. The summed E-state index contributed by atoms with van der Waals surface area (Å²) in [4.78, 5) is 12.7. The van der Waals surface area contributed by atoms with E-state index < -0.39 is 38.3 Å². The minimum atomic E-state index is -3.94. The lowest BCUT2D eigenvalue weighted by Crippen LogP contribution is -2.37. The van der Waals surface area contributed by atoms with Crippen molar-refractivity contribution in [2.45, 2.75) is 4.90 Å². The SMILES string of the molecule is CS(=O)(=O)N(CC(=O)Nc1ccc(S(=O)(=O)Nc2ccc(F)cc2)cc1)c1cccc2ccccc12. The Morgan fingerprint density at radius 2 is 1.42 bits per heavy atom. The average molecular weight is 528 g/mol. The van der Waals surface area contributed by atoms with Gasteiger partial charge in [0.25, 0.3) is 10.0 Å². The van der Waals surface area contributed by atoms with Gasteiger partial charge in [-0.05, 0) is 60.0 Å². The fraction of sp³-hybridized carbons (Fsp3) is 0.0800. The molecular weight excluding hydrogens is 505 g/mol. The van der Waals surface area contributed by atoms with Crippen LogP contribution in [0.4, 0.5) is 21.5 Å². The van der Waals surface area contributed by atoms with E-state index in [0.717, 1.165) is 28.1 Å². The largest absolute Gasteiger partial charge is 0.325 e. The lowest BCUT2D eigenvalue weighted by molar-refractivity contribution is -0.114. The van der Waals surface area contributed by atoms with Crippen molar-refractivity contribution in [1.82, 2.24) is 0 Å². The third-order valence-corrected chi connectivity index (χ3v) is 7.79. The molecule has 4 aromatic carbocycles. The van der Waals surface area contributed by atoms with Gasteiger partial charge in [-0.25, -0.2) is 21.2 Å². The summed E-state index contributed by atoms with van der Waals surface area (Å²) in [6, 6.07) is 22.7. The van der Waals surface area contributed by atoms with Gasteiger partial charge in [0.15, 0.2) is 0 Å². The highest BCUT2D eigenvalue weighted by atomic mass is 32.2. The topological polar surface area (TPSA) is 113 Å². The van der Waals surface area contributed by atoms with Gasteiger partial charge in [-0.3, -0.25) is 13.8 Å². The maximum Gasteiger partial charge on any atom is 0.261 e. The van der Waals surface area contributed by atoms with Crippen molar-refractivity contribution in [3.05, 3.63) is 96.8 Å².